The third-order valence-electron chi connectivity index (χ3n) is 9.20. The van der Waals surface area contributed by atoms with Crippen LogP contribution in [0.5, 0.6) is 5.75 Å². The Morgan fingerprint density at radius 1 is 0.688 bits per heavy atom. The van der Waals surface area contributed by atoms with Crippen molar-refractivity contribution >= 4 is 28.9 Å². The third-order valence-corrected chi connectivity index (χ3v) is 9.20. The zero-order valence-electron chi connectivity index (χ0n) is 26.9. The fourth-order valence-corrected chi connectivity index (χ4v) is 6.73. The van der Waals surface area contributed by atoms with Gasteiger partial charge in [0, 0.05) is 47.1 Å². The van der Waals surface area contributed by atoms with E-state index < -0.39 is 0 Å². The maximum atomic E-state index is 10.9. The second-order valence-corrected chi connectivity index (χ2v) is 12.4. The first-order valence-electron chi connectivity index (χ1n) is 15.9. The number of phenolic OH excluding ortho intramolecular Hbond substituents is 1. The van der Waals surface area contributed by atoms with Crippen molar-refractivity contribution in [1.29, 1.82) is 0 Å². The number of hydrogen-bond acceptors (Lipinski definition) is 7. The number of phenols is 1. The van der Waals surface area contributed by atoms with E-state index in [2.05, 4.69) is 115 Å². The van der Waals surface area contributed by atoms with Crippen molar-refractivity contribution < 1.29 is 9.52 Å². The Balaban J connectivity index is 1.28. The molecule has 1 aliphatic rings. The van der Waals surface area contributed by atoms with Crippen molar-refractivity contribution in [3.05, 3.63) is 151 Å². The van der Waals surface area contributed by atoms with Gasteiger partial charge in [-0.3, -0.25) is 9.80 Å². The van der Waals surface area contributed by atoms with Crippen LogP contribution in [0.2, 0.25) is 0 Å². The van der Waals surface area contributed by atoms with E-state index in [9.17, 15) is 5.11 Å². The van der Waals surface area contributed by atoms with Crippen molar-refractivity contribution in [1.82, 2.24) is 15.0 Å². The van der Waals surface area contributed by atoms with Gasteiger partial charge in [0.25, 0.3) is 0 Å². The van der Waals surface area contributed by atoms with Crippen LogP contribution in [-0.2, 0) is 5.41 Å². The number of benzene rings is 4. The number of pyridine rings is 2. The van der Waals surface area contributed by atoms with Gasteiger partial charge < -0.3 is 9.52 Å². The molecule has 0 amide bonds. The minimum absolute atomic E-state index is 0.252. The summed E-state index contributed by atoms with van der Waals surface area (Å²) >= 11 is 0. The largest absolute Gasteiger partial charge is 0.507 e. The minimum Gasteiger partial charge on any atom is -0.507 e. The maximum Gasteiger partial charge on any atom is 0.301 e. The zero-order valence-corrected chi connectivity index (χ0v) is 26.9. The molecule has 0 saturated heterocycles. The Morgan fingerprint density at radius 3 is 2.31 bits per heavy atom. The standard InChI is InChI=1S/C41H33N5O2/c1-41(2)32-16-10-18-36(47)38(32)39-33(41)19-20-34(44-39)28-13-9-14-30(25-28)46(35-17-8-7-15-31(35)27-11-5-4-6-12-27)37-26-29(21-22-42-37)45(3)40-43-23-24-48-40/h4-26,47H,1-3H3. The van der Waals surface area contributed by atoms with Crippen LogP contribution in [0.4, 0.5) is 28.9 Å². The average Bonchev–Trinajstić information content (AvgIpc) is 3.75. The smallest absolute Gasteiger partial charge is 0.301 e. The number of rotatable bonds is 7. The number of hydrogen-bond donors (Lipinski definition) is 1. The molecule has 1 aliphatic carbocycles. The summed E-state index contributed by atoms with van der Waals surface area (Å²) in [6.45, 7) is 4.36. The lowest BCUT2D eigenvalue weighted by Crippen LogP contribution is -2.15. The molecule has 7 nitrogen and oxygen atoms in total. The lowest BCUT2D eigenvalue weighted by atomic mass is 9.83. The molecule has 0 fully saturated rings. The summed E-state index contributed by atoms with van der Waals surface area (Å²) in [5.41, 5.74) is 10.3. The number of aromatic nitrogens is 3. The van der Waals surface area contributed by atoms with Gasteiger partial charge in [0.2, 0.25) is 0 Å². The van der Waals surface area contributed by atoms with Crippen LogP contribution < -0.4 is 9.80 Å². The topological polar surface area (TPSA) is 78.5 Å². The van der Waals surface area contributed by atoms with Crippen molar-refractivity contribution in [2.75, 3.05) is 16.8 Å². The van der Waals surface area contributed by atoms with E-state index in [1.54, 1.807) is 24.7 Å². The summed E-state index contributed by atoms with van der Waals surface area (Å²) in [6.07, 6.45) is 5.01. The highest BCUT2D eigenvalue weighted by molar-refractivity contribution is 5.89. The molecule has 0 radical (unpaired) electrons. The fourth-order valence-electron chi connectivity index (χ4n) is 6.73. The maximum absolute atomic E-state index is 10.9. The molecule has 0 unspecified atom stereocenters. The first kappa shape index (κ1) is 29.2. The van der Waals surface area contributed by atoms with Crippen LogP contribution >= 0.6 is 0 Å². The van der Waals surface area contributed by atoms with Gasteiger partial charge in [-0.15, -0.1) is 0 Å². The van der Waals surface area contributed by atoms with Gasteiger partial charge in [-0.05, 0) is 53.1 Å². The summed E-state index contributed by atoms with van der Waals surface area (Å²) in [6, 6.07) is 41.5. The second kappa shape index (κ2) is 11.5. The number of anilines is 5. The molecule has 7 aromatic rings. The molecule has 4 aromatic carbocycles. The number of nitrogens with zero attached hydrogens (tertiary/aromatic N) is 5. The molecule has 0 atom stereocenters. The fraction of sp³-hybridized carbons (Fsp3) is 0.0976. The van der Waals surface area contributed by atoms with E-state index in [1.165, 1.54) is 0 Å². The van der Waals surface area contributed by atoms with Gasteiger partial charge in [0.1, 0.15) is 17.8 Å². The van der Waals surface area contributed by atoms with E-state index in [0.29, 0.717) is 6.01 Å². The Morgan fingerprint density at radius 2 is 1.48 bits per heavy atom. The van der Waals surface area contributed by atoms with Gasteiger partial charge in [0.15, 0.2) is 0 Å². The van der Waals surface area contributed by atoms with Crippen molar-refractivity contribution in [2.45, 2.75) is 19.3 Å². The predicted molar refractivity (Wildman–Crippen MR) is 191 cm³/mol. The molecule has 0 saturated carbocycles. The SMILES string of the molecule is CN(c1ccnc(N(c2cccc(-c3ccc4c(n3)-c3c(O)cccc3C4(C)C)c2)c2ccccc2-c2ccccc2)c1)c1ncco1. The zero-order chi connectivity index (χ0) is 32.8. The molecule has 3 heterocycles. The van der Waals surface area contributed by atoms with Crippen LogP contribution in [0.3, 0.4) is 0 Å². The van der Waals surface area contributed by atoms with Crippen LogP contribution in [0.1, 0.15) is 25.0 Å². The van der Waals surface area contributed by atoms with E-state index >= 15 is 0 Å². The van der Waals surface area contributed by atoms with Crippen molar-refractivity contribution in [3.8, 4) is 39.4 Å². The van der Waals surface area contributed by atoms with E-state index in [0.717, 1.165) is 67.6 Å². The molecule has 0 aliphatic heterocycles. The molecular weight excluding hydrogens is 594 g/mol. The van der Waals surface area contributed by atoms with Gasteiger partial charge in [-0.2, -0.15) is 0 Å². The molecular formula is C41H33N5O2. The normalized spacial score (nSPS) is 12.7. The lowest BCUT2D eigenvalue weighted by Gasteiger charge is -2.28. The Labute approximate surface area is 279 Å². The first-order chi connectivity index (χ1) is 23.4. The van der Waals surface area contributed by atoms with Crippen LogP contribution in [-0.4, -0.2) is 27.1 Å². The highest BCUT2D eigenvalue weighted by Crippen LogP contribution is 2.51. The molecule has 0 bridgehead atoms. The predicted octanol–water partition coefficient (Wildman–Crippen LogP) is 10.0. The van der Waals surface area contributed by atoms with Crippen molar-refractivity contribution in [2.24, 2.45) is 0 Å². The molecule has 234 valence electrons. The van der Waals surface area contributed by atoms with Gasteiger partial charge in [0.05, 0.1) is 29.0 Å². The molecule has 0 spiro atoms. The quantitative estimate of drug-likeness (QED) is 0.188. The van der Waals surface area contributed by atoms with Gasteiger partial charge in [-0.25, -0.2) is 15.0 Å². The average molecular weight is 628 g/mol. The number of fused-ring (bicyclic) bond motifs is 3. The summed E-state index contributed by atoms with van der Waals surface area (Å²) in [7, 11) is 1.92. The number of para-hydroxylation sites is 1. The molecule has 48 heavy (non-hydrogen) atoms. The highest BCUT2D eigenvalue weighted by Gasteiger charge is 2.38. The summed E-state index contributed by atoms with van der Waals surface area (Å²) in [4.78, 5) is 18.5. The highest BCUT2D eigenvalue weighted by atomic mass is 16.4. The molecule has 7 heteroatoms. The monoisotopic (exact) mass is 627 g/mol. The Kier molecular flexibility index (Phi) is 7.03. The van der Waals surface area contributed by atoms with Crippen LogP contribution in [0.25, 0.3) is 33.6 Å². The second-order valence-electron chi connectivity index (χ2n) is 12.4. The first-order valence-corrected chi connectivity index (χ1v) is 15.9. The van der Waals surface area contributed by atoms with Crippen molar-refractivity contribution in [3.63, 3.8) is 0 Å². The van der Waals surface area contributed by atoms with Crippen LogP contribution in [0.15, 0.2) is 144 Å². The van der Waals surface area contributed by atoms with E-state index in [1.807, 2.05) is 36.2 Å². The lowest BCUT2D eigenvalue weighted by molar-refractivity contribution is 0.476. The van der Waals surface area contributed by atoms with E-state index in [4.69, 9.17) is 14.4 Å². The Bertz CT molecular complexity index is 2260. The molecule has 1 N–H and O–H groups in total. The number of oxazole rings is 1. The summed E-state index contributed by atoms with van der Waals surface area (Å²) < 4.78 is 5.59. The summed E-state index contributed by atoms with van der Waals surface area (Å²) in [5, 5.41) is 10.9. The Hall–Kier alpha value is -6.21. The third kappa shape index (κ3) is 4.88. The minimum atomic E-state index is -0.260. The molecule has 3 aromatic heterocycles. The van der Waals surface area contributed by atoms with E-state index in [-0.39, 0.29) is 11.2 Å². The summed E-state index contributed by atoms with van der Waals surface area (Å²) in [5.74, 6) is 0.982. The molecule has 8 rings (SSSR count). The van der Waals surface area contributed by atoms with Gasteiger partial charge in [-0.1, -0.05) is 92.7 Å². The number of aromatic hydroxyl groups is 1. The van der Waals surface area contributed by atoms with Gasteiger partial charge >= 0.3 is 6.01 Å². The van der Waals surface area contributed by atoms with Crippen LogP contribution in [0, 0.1) is 0 Å².